The molecule has 6 heteroatoms. The molecular formula is C14H20FNO3Y. The number of imide groups is 1. The van der Waals surface area contributed by atoms with Gasteiger partial charge >= 0.3 is 0 Å². The molecule has 1 aliphatic heterocycles. The molecule has 1 atom stereocenters. The number of carbonyl (C=O) groups is 2. The molecule has 109 valence electrons. The summed E-state index contributed by atoms with van der Waals surface area (Å²) in [6.45, 7) is 5.64. The van der Waals surface area contributed by atoms with Gasteiger partial charge in [-0.05, 0) is 18.6 Å². The summed E-state index contributed by atoms with van der Waals surface area (Å²) < 4.78 is 18.6. The van der Waals surface area contributed by atoms with Crippen molar-refractivity contribution in [1.29, 1.82) is 0 Å². The summed E-state index contributed by atoms with van der Waals surface area (Å²) in [4.78, 5) is 22.3. The van der Waals surface area contributed by atoms with Gasteiger partial charge < -0.3 is 4.74 Å². The fraction of sp³-hybridized carbons (Fsp3) is 0.429. The third-order valence-corrected chi connectivity index (χ3v) is 2.61. The minimum absolute atomic E-state index is 0. The van der Waals surface area contributed by atoms with E-state index in [4.69, 9.17) is 4.74 Å². The first-order valence-electron chi connectivity index (χ1n) is 6.33. The van der Waals surface area contributed by atoms with E-state index in [0.717, 1.165) is 0 Å². The first-order chi connectivity index (χ1) is 9.06. The zero-order valence-electron chi connectivity index (χ0n) is 11.9. The summed E-state index contributed by atoms with van der Waals surface area (Å²) in [5, 5.41) is 2.18. The minimum atomic E-state index is -0.727. The Morgan fingerprint density at radius 2 is 2.00 bits per heavy atom. The van der Waals surface area contributed by atoms with Crippen LogP contribution in [-0.2, 0) is 42.3 Å². The Morgan fingerprint density at radius 3 is 2.55 bits per heavy atom. The van der Waals surface area contributed by atoms with Crippen LogP contribution in [0.15, 0.2) is 18.2 Å². The van der Waals surface area contributed by atoms with E-state index < -0.39 is 12.0 Å². The molecule has 1 radical (unpaired) electrons. The van der Waals surface area contributed by atoms with Crippen molar-refractivity contribution in [2.75, 3.05) is 0 Å². The predicted molar refractivity (Wildman–Crippen MR) is 71.4 cm³/mol. The van der Waals surface area contributed by atoms with Crippen molar-refractivity contribution in [3.8, 4) is 5.75 Å². The van der Waals surface area contributed by atoms with Crippen molar-refractivity contribution in [1.82, 2.24) is 5.32 Å². The van der Waals surface area contributed by atoms with Crippen LogP contribution < -0.4 is 10.1 Å². The molecule has 0 aromatic heterocycles. The van der Waals surface area contributed by atoms with Crippen molar-refractivity contribution in [3.05, 3.63) is 29.6 Å². The Hall–Kier alpha value is -0.806. The van der Waals surface area contributed by atoms with Crippen LogP contribution in [0, 0.1) is 12.7 Å². The van der Waals surface area contributed by atoms with Gasteiger partial charge in [0.05, 0.1) is 0 Å². The van der Waals surface area contributed by atoms with E-state index in [1.165, 1.54) is 6.07 Å². The predicted octanol–water partition coefficient (Wildman–Crippen LogP) is 2.59. The number of halogens is 1. The number of carbonyl (C=O) groups excluding carboxylic acids is 2. The molecule has 2 amide bonds. The number of rotatable bonds is 2. The molecule has 4 nitrogen and oxygen atoms in total. The quantitative estimate of drug-likeness (QED) is 0.827. The molecule has 2 rings (SSSR count). The van der Waals surface area contributed by atoms with Crippen LogP contribution in [0.5, 0.6) is 5.75 Å². The number of nitrogens with one attached hydrogen (secondary N) is 1. The van der Waals surface area contributed by atoms with Crippen molar-refractivity contribution in [3.63, 3.8) is 0 Å². The van der Waals surface area contributed by atoms with Gasteiger partial charge in [0.25, 0.3) is 5.91 Å². The van der Waals surface area contributed by atoms with E-state index in [-0.39, 0.29) is 52.3 Å². The fourth-order valence-corrected chi connectivity index (χ4v) is 1.60. The Bertz CT molecular complexity index is 485. The average molecular weight is 358 g/mol. The second kappa shape index (κ2) is 9.19. The summed E-state index contributed by atoms with van der Waals surface area (Å²) >= 11 is 0. The third-order valence-electron chi connectivity index (χ3n) is 2.61. The molecule has 0 saturated carbocycles. The smallest absolute Gasteiger partial charge is 0.267 e. The zero-order valence-corrected chi connectivity index (χ0v) is 14.7. The first kappa shape index (κ1) is 19.2. The van der Waals surface area contributed by atoms with Gasteiger partial charge in [-0.1, -0.05) is 19.9 Å². The third kappa shape index (κ3) is 5.29. The van der Waals surface area contributed by atoms with E-state index in [1.807, 2.05) is 13.8 Å². The van der Waals surface area contributed by atoms with Crippen LogP contribution in [0.2, 0.25) is 0 Å². The SMILES string of the molecule is CC.Cc1ccc(OC2CCC(=O)NC2=O)cc1F.[HH].[Y]. The van der Waals surface area contributed by atoms with Crippen molar-refractivity contribution >= 4 is 11.8 Å². The second-order valence-electron chi connectivity index (χ2n) is 3.97. The molecule has 1 aliphatic rings. The molecule has 1 saturated heterocycles. The zero-order chi connectivity index (χ0) is 14.4. The Morgan fingerprint density at radius 1 is 1.35 bits per heavy atom. The van der Waals surface area contributed by atoms with Crippen LogP contribution in [0.4, 0.5) is 4.39 Å². The number of aryl methyl sites for hydroxylation is 1. The summed E-state index contributed by atoms with van der Waals surface area (Å²) in [5.74, 6) is -0.857. The van der Waals surface area contributed by atoms with Crippen LogP contribution in [-0.4, -0.2) is 17.9 Å². The number of piperidine rings is 1. The summed E-state index contributed by atoms with van der Waals surface area (Å²) in [6.07, 6.45) is -0.167. The van der Waals surface area contributed by atoms with Gasteiger partial charge in [0.2, 0.25) is 5.91 Å². The number of amides is 2. The van der Waals surface area contributed by atoms with Crippen LogP contribution in [0.25, 0.3) is 0 Å². The number of hydrogen-bond acceptors (Lipinski definition) is 3. The van der Waals surface area contributed by atoms with E-state index in [9.17, 15) is 14.0 Å². The van der Waals surface area contributed by atoms with Crippen LogP contribution in [0.1, 0.15) is 33.7 Å². The van der Waals surface area contributed by atoms with Gasteiger partial charge in [0.1, 0.15) is 11.6 Å². The number of benzene rings is 1. The maximum Gasteiger partial charge on any atom is 0.267 e. The van der Waals surface area contributed by atoms with Gasteiger partial charge in [0.15, 0.2) is 6.10 Å². The first-order valence-corrected chi connectivity index (χ1v) is 6.33. The van der Waals surface area contributed by atoms with Crippen molar-refractivity contribution in [2.24, 2.45) is 0 Å². The van der Waals surface area contributed by atoms with Crippen LogP contribution in [0.3, 0.4) is 0 Å². The largest absolute Gasteiger partial charge is 0.480 e. The number of ether oxygens (including phenoxy) is 1. The molecule has 1 N–H and O–H groups in total. The van der Waals surface area contributed by atoms with E-state index >= 15 is 0 Å². The summed E-state index contributed by atoms with van der Waals surface area (Å²) in [5.41, 5.74) is 0.514. The van der Waals surface area contributed by atoms with Crippen LogP contribution >= 0.6 is 0 Å². The molecule has 1 heterocycles. The van der Waals surface area contributed by atoms with Gasteiger partial charge in [-0.25, -0.2) is 4.39 Å². The fourth-order valence-electron chi connectivity index (χ4n) is 1.60. The van der Waals surface area contributed by atoms with E-state index in [1.54, 1.807) is 19.1 Å². The summed E-state index contributed by atoms with van der Waals surface area (Å²) in [7, 11) is 0. The second-order valence-corrected chi connectivity index (χ2v) is 3.97. The maximum absolute atomic E-state index is 13.3. The van der Waals surface area contributed by atoms with Gasteiger partial charge in [-0.15, -0.1) is 0 Å². The Balaban J connectivity index is 0. The van der Waals surface area contributed by atoms with Gasteiger partial charge in [-0.2, -0.15) is 0 Å². The molecule has 1 aromatic rings. The molecular weight excluding hydrogens is 338 g/mol. The normalized spacial score (nSPS) is 17.3. The van der Waals surface area contributed by atoms with Gasteiger partial charge in [-0.3, -0.25) is 14.9 Å². The molecule has 0 spiro atoms. The number of hydrogen-bond donors (Lipinski definition) is 1. The summed E-state index contributed by atoms with van der Waals surface area (Å²) in [6, 6.07) is 4.41. The Kier molecular flexibility index (Phi) is 8.82. The minimum Gasteiger partial charge on any atom is -0.480 e. The molecule has 1 fully saturated rings. The van der Waals surface area contributed by atoms with Crippen molar-refractivity contribution < 1.29 is 52.9 Å². The molecule has 0 bridgehead atoms. The maximum atomic E-state index is 13.3. The van der Waals surface area contributed by atoms with E-state index in [2.05, 4.69) is 5.32 Å². The molecule has 1 unspecified atom stereocenters. The molecule has 0 aliphatic carbocycles. The van der Waals surface area contributed by atoms with E-state index in [0.29, 0.717) is 17.7 Å². The molecule has 20 heavy (non-hydrogen) atoms. The molecule has 1 aromatic carbocycles. The standard InChI is InChI=1S/C12H12FNO3.C2H6.Y.H2/c1-7-2-3-8(6-9(7)13)17-10-4-5-11(15)14-12(10)16;1-2;;/h2-3,6,10H,4-5H2,1H3,(H,14,15,16);1-2H3;;1H. The van der Waals surface area contributed by atoms with Crippen molar-refractivity contribution in [2.45, 2.75) is 39.7 Å². The van der Waals surface area contributed by atoms with Gasteiger partial charge in [0, 0.05) is 53.0 Å². The average Bonchev–Trinajstić information content (AvgIpc) is 2.39. The monoisotopic (exact) mass is 358 g/mol. The Labute approximate surface area is 144 Å². The topological polar surface area (TPSA) is 55.4 Å².